The molecule has 0 unspecified atom stereocenters. The lowest BCUT2D eigenvalue weighted by Crippen LogP contribution is -2.74. The number of oxazole rings is 1. The summed E-state index contributed by atoms with van der Waals surface area (Å²) in [5, 5.41) is 5.31. The Hall–Kier alpha value is -9.37. The first-order valence-electron chi connectivity index (χ1n) is 28.3. The molecule has 16 rings (SSSR count). The second-order valence-corrected chi connectivity index (χ2v) is 26.9. The first-order chi connectivity index (χ1) is 39.8. The van der Waals surface area contributed by atoms with Gasteiger partial charge in [-0.1, -0.05) is 227 Å². The van der Waals surface area contributed by atoms with E-state index in [1.165, 1.54) is 70.8 Å². The van der Waals surface area contributed by atoms with Gasteiger partial charge in [0.1, 0.15) is 0 Å². The van der Waals surface area contributed by atoms with Crippen LogP contribution in [0.15, 0.2) is 283 Å². The van der Waals surface area contributed by atoms with Crippen molar-refractivity contribution in [2.45, 2.75) is 26.2 Å². The van der Waals surface area contributed by atoms with E-state index in [-0.39, 0.29) is 33.3 Å². The molecule has 0 saturated carbocycles. The van der Waals surface area contributed by atoms with Gasteiger partial charge >= 0.3 is 33.8 Å². The molecule has 2 aromatic heterocycles. The van der Waals surface area contributed by atoms with Crippen molar-refractivity contribution < 1.29 is 4.42 Å². The molecular formula is C69H54B4N6OSi. The number of para-hydroxylation sites is 2. The first-order valence-corrected chi connectivity index (χ1v) is 30.3. The van der Waals surface area contributed by atoms with Crippen LogP contribution in [0.2, 0.25) is 0 Å². The molecule has 7 nitrogen and oxygen atoms in total. The minimum atomic E-state index is -3.18. The van der Waals surface area contributed by atoms with E-state index in [0.717, 1.165) is 33.3 Å². The summed E-state index contributed by atoms with van der Waals surface area (Å²) in [4.78, 5) is 4.97. The molecule has 5 aliphatic heterocycles. The van der Waals surface area contributed by atoms with Crippen molar-refractivity contribution in [3.8, 4) is 55.6 Å². The van der Waals surface area contributed by atoms with Crippen molar-refractivity contribution in [3.63, 3.8) is 0 Å². The molecular weight excluding hydrogens is 1000 g/mol. The van der Waals surface area contributed by atoms with E-state index in [1.54, 1.807) is 0 Å². The van der Waals surface area contributed by atoms with E-state index in [2.05, 4.69) is 311 Å². The summed E-state index contributed by atoms with van der Waals surface area (Å²) in [6.07, 6.45) is 24.9. The van der Waals surface area contributed by atoms with Gasteiger partial charge in [0.2, 0.25) is 0 Å². The zero-order valence-electron chi connectivity index (χ0n) is 45.4. The van der Waals surface area contributed by atoms with E-state index >= 15 is 0 Å². The maximum Gasteiger partial charge on any atom is 0.380 e. The highest BCUT2D eigenvalue weighted by Gasteiger charge is 2.52. The Morgan fingerprint density at radius 1 is 0.432 bits per heavy atom. The van der Waals surface area contributed by atoms with Crippen LogP contribution in [0.25, 0.3) is 83.6 Å². The molecule has 0 N–H and O–H groups in total. The van der Waals surface area contributed by atoms with Crippen molar-refractivity contribution in [2.75, 3.05) is 0 Å². The molecule has 12 heteroatoms. The molecule has 382 valence electrons. The SMILES string of the molecule is CC(C)(C)c1ccc2c(oc3nc4ccccc4n32)c1-c1ccc2c(c1)-c1ccccc1-c1ccc([Si](C3=CN4B5C=CC=CN5B5C=CC=CN5B5C=CC=CN5B4C=C3)(c3ccccc3)c3ccccc3)cc1-c1ccccc1-2. The van der Waals surface area contributed by atoms with E-state index in [4.69, 9.17) is 9.40 Å². The average molecular weight is 1050 g/mol. The predicted molar refractivity (Wildman–Crippen MR) is 342 cm³/mol. The van der Waals surface area contributed by atoms with Crippen molar-refractivity contribution in [1.82, 2.24) is 28.3 Å². The van der Waals surface area contributed by atoms with Crippen LogP contribution in [0, 0.1) is 0 Å². The number of nitrogens with zero attached hydrogens (tertiary/aromatic N) is 6. The zero-order valence-corrected chi connectivity index (χ0v) is 46.4. The van der Waals surface area contributed by atoms with Crippen LogP contribution in [0.5, 0.6) is 0 Å². The number of fused-ring (bicyclic) bond motifs is 21. The molecule has 7 heterocycles. The van der Waals surface area contributed by atoms with Crippen molar-refractivity contribution >= 4 is 79.5 Å². The maximum atomic E-state index is 6.89. The molecule has 81 heavy (non-hydrogen) atoms. The van der Waals surface area contributed by atoms with Crippen LogP contribution >= 0.6 is 0 Å². The highest BCUT2D eigenvalue weighted by atomic mass is 28.3. The van der Waals surface area contributed by atoms with Gasteiger partial charge in [0.05, 0.1) is 16.6 Å². The average Bonchev–Trinajstić information content (AvgIpc) is 4.29. The fraction of sp³-hybridized carbons (Fsp3) is 0.0580. The smallest absolute Gasteiger partial charge is 0.380 e. The Bertz CT molecular complexity index is 4420. The van der Waals surface area contributed by atoms with Gasteiger partial charge < -0.3 is 23.3 Å². The van der Waals surface area contributed by atoms with Crippen LogP contribution in [-0.2, 0) is 5.41 Å². The van der Waals surface area contributed by atoms with E-state index < -0.39 is 8.07 Å². The molecule has 10 aromatic rings. The van der Waals surface area contributed by atoms with E-state index in [9.17, 15) is 0 Å². The molecule has 0 radical (unpaired) electrons. The number of rotatable bonds is 5. The van der Waals surface area contributed by atoms with Gasteiger partial charge in [0, 0.05) is 5.56 Å². The number of imidazole rings is 1. The minimum absolute atomic E-state index is 0.00764. The van der Waals surface area contributed by atoms with Gasteiger partial charge in [-0.3, -0.25) is 4.40 Å². The molecule has 6 aliphatic rings. The maximum absolute atomic E-state index is 6.89. The Morgan fingerprint density at radius 3 is 1.54 bits per heavy atom. The summed E-state index contributed by atoms with van der Waals surface area (Å²) < 4.78 is 19.2. The monoisotopic (exact) mass is 1050 g/mol. The molecule has 0 bridgehead atoms. The summed E-state index contributed by atoms with van der Waals surface area (Å²) in [7, 11) is -3.18. The molecule has 0 atom stereocenters. The van der Waals surface area contributed by atoms with Crippen molar-refractivity contribution in [1.29, 1.82) is 0 Å². The standard InChI is InChI=1S/C69H54B4N6OSi/c1-69(2,3)62-36-37-65-67(80-68-74-63-30-14-15-31-64(63)79(65)68)66(62)49-32-34-58-55-27-11-13-29-57(55)61-47-52(33-35-59(61)54-26-10-12-28-56(54)60(58)46-49)81(50-22-6-4-7-23-50,51-24-8-5-9-25-51)53-38-42-73-77-45-20-17-40-71(77)75-43-19-16-39-70(75)76-44-21-18-41-72(76)78(73)48-53/h4-48H,1-3H3. The van der Waals surface area contributed by atoms with Gasteiger partial charge in [-0.2, -0.15) is 4.98 Å². The third kappa shape index (κ3) is 7.22. The summed E-state index contributed by atoms with van der Waals surface area (Å²) in [5.41, 5.74) is 16.7. The number of hydrogen-bond donors (Lipinski definition) is 0. The van der Waals surface area contributed by atoms with Gasteiger partial charge in [-0.15, -0.1) is 0 Å². The lowest BCUT2D eigenvalue weighted by Gasteiger charge is -2.54. The highest BCUT2D eigenvalue weighted by Crippen LogP contribution is 2.50. The summed E-state index contributed by atoms with van der Waals surface area (Å²) in [6.45, 7) is 6.77. The van der Waals surface area contributed by atoms with Gasteiger partial charge in [0.25, 0.3) is 0 Å². The van der Waals surface area contributed by atoms with Gasteiger partial charge in [-0.05, 0) is 149 Å². The topological polar surface area (TPSA) is 43.4 Å². The molecule has 1 fully saturated rings. The molecule has 0 spiro atoms. The summed E-state index contributed by atoms with van der Waals surface area (Å²) >= 11 is 0. The molecule has 1 aliphatic carbocycles. The van der Waals surface area contributed by atoms with Gasteiger partial charge in [-0.25, -0.2) is 0 Å². The lowest BCUT2D eigenvalue weighted by molar-refractivity contribution is 0.589. The van der Waals surface area contributed by atoms with Crippen molar-refractivity contribution in [2.24, 2.45) is 0 Å². The Balaban J connectivity index is 0.907. The van der Waals surface area contributed by atoms with Crippen LogP contribution in [0.1, 0.15) is 26.3 Å². The largest absolute Gasteiger partial charge is 0.423 e. The predicted octanol–water partition coefficient (Wildman–Crippen LogP) is 13.2. The number of aromatic nitrogens is 2. The van der Waals surface area contributed by atoms with E-state index in [1.807, 2.05) is 6.07 Å². The number of benzene rings is 8. The Morgan fingerprint density at radius 2 is 0.938 bits per heavy atom. The quantitative estimate of drug-likeness (QED) is 0.126. The van der Waals surface area contributed by atoms with Crippen LogP contribution in [0.4, 0.5) is 0 Å². The van der Waals surface area contributed by atoms with E-state index in [0.29, 0.717) is 5.84 Å². The molecule has 8 aromatic carbocycles. The van der Waals surface area contributed by atoms with Crippen LogP contribution < -0.4 is 15.6 Å². The third-order valence-electron chi connectivity index (χ3n) is 17.7. The fourth-order valence-corrected chi connectivity index (χ4v) is 18.9. The summed E-state index contributed by atoms with van der Waals surface area (Å²) in [6, 6.07) is 68.3. The Kier molecular flexibility index (Phi) is 10.8. The number of hydrogen-bond acceptors (Lipinski definition) is 6. The second kappa shape index (κ2) is 18.3. The fourth-order valence-electron chi connectivity index (χ4n) is 14.1. The Labute approximate surface area is 475 Å². The normalized spacial score (nSPS) is 15.9. The van der Waals surface area contributed by atoms with Crippen LogP contribution in [0.3, 0.4) is 0 Å². The minimum Gasteiger partial charge on any atom is -0.423 e. The molecule has 1 saturated heterocycles. The lowest BCUT2D eigenvalue weighted by atomic mass is 9.42. The van der Waals surface area contributed by atoms with Crippen molar-refractivity contribution in [3.05, 3.63) is 284 Å². The summed E-state index contributed by atoms with van der Waals surface area (Å²) in [5.74, 6) is 10.1. The first kappa shape index (κ1) is 47.6. The second-order valence-electron chi connectivity index (χ2n) is 23.1. The van der Waals surface area contributed by atoms with Gasteiger partial charge in [0.15, 0.2) is 13.7 Å². The number of allylic oxidation sites excluding steroid dienone is 8. The molecule has 0 amide bonds. The third-order valence-corrected chi connectivity index (χ3v) is 22.4. The zero-order chi connectivity index (χ0) is 54.0. The van der Waals surface area contributed by atoms with Crippen LogP contribution in [-0.4, -0.2) is 64.3 Å². The highest BCUT2D eigenvalue weighted by molar-refractivity contribution is 7.16.